The zero-order valence-corrected chi connectivity index (χ0v) is 13.3. The Balaban J connectivity index is 2.14. The van der Waals surface area contributed by atoms with Crippen molar-refractivity contribution in [2.75, 3.05) is 20.2 Å². The van der Waals surface area contributed by atoms with E-state index in [1.807, 2.05) is 0 Å². The highest BCUT2D eigenvalue weighted by molar-refractivity contribution is 5.40. The molecule has 0 aromatic heterocycles. The van der Waals surface area contributed by atoms with Gasteiger partial charge in [-0.05, 0) is 17.9 Å². The predicted octanol–water partition coefficient (Wildman–Crippen LogP) is 2.86. The van der Waals surface area contributed by atoms with Crippen LogP contribution >= 0.6 is 0 Å². The van der Waals surface area contributed by atoms with Crippen LogP contribution < -0.4 is 15.2 Å². The molecule has 124 valence electrons. The van der Waals surface area contributed by atoms with Gasteiger partial charge in [-0.25, -0.2) is 0 Å². The van der Waals surface area contributed by atoms with Crippen LogP contribution in [-0.4, -0.2) is 37.8 Å². The molecule has 22 heavy (non-hydrogen) atoms. The molecule has 0 bridgehead atoms. The van der Waals surface area contributed by atoms with E-state index >= 15 is 0 Å². The Kier molecular flexibility index (Phi) is 5.24. The molecular weight excluding hydrogens is 290 g/mol. The molecular formula is C16H24F2N2O2. The second kappa shape index (κ2) is 6.79. The third-order valence-corrected chi connectivity index (χ3v) is 4.28. The summed E-state index contributed by atoms with van der Waals surface area (Å²) in [4.78, 5) is 2.23. The van der Waals surface area contributed by atoms with E-state index in [0.29, 0.717) is 12.3 Å². The summed E-state index contributed by atoms with van der Waals surface area (Å²) in [6.07, 6.45) is 0.897. The van der Waals surface area contributed by atoms with Crippen molar-refractivity contribution in [3.8, 4) is 11.5 Å². The zero-order chi connectivity index (χ0) is 16.3. The van der Waals surface area contributed by atoms with E-state index in [2.05, 4.69) is 23.5 Å². The molecule has 1 unspecified atom stereocenters. The Labute approximate surface area is 130 Å². The van der Waals surface area contributed by atoms with Gasteiger partial charge in [-0.15, -0.1) is 0 Å². The first-order chi connectivity index (χ1) is 10.3. The number of nitrogens with zero attached hydrogens (tertiary/aromatic N) is 1. The zero-order valence-electron chi connectivity index (χ0n) is 13.3. The third kappa shape index (κ3) is 4.08. The van der Waals surface area contributed by atoms with Crippen LogP contribution in [0.5, 0.6) is 11.5 Å². The molecule has 0 saturated carbocycles. The maximum Gasteiger partial charge on any atom is 0.387 e. The molecule has 2 rings (SSSR count). The molecule has 0 aliphatic carbocycles. The van der Waals surface area contributed by atoms with Crippen LogP contribution in [0.4, 0.5) is 8.78 Å². The van der Waals surface area contributed by atoms with Crippen LogP contribution in [0.1, 0.15) is 25.8 Å². The predicted molar refractivity (Wildman–Crippen MR) is 81.3 cm³/mol. The smallest absolute Gasteiger partial charge is 0.387 e. The number of rotatable bonds is 5. The van der Waals surface area contributed by atoms with Crippen molar-refractivity contribution in [3.05, 3.63) is 23.8 Å². The van der Waals surface area contributed by atoms with Crippen molar-refractivity contribution in [2.24, 2.45) is 11.1 Å². The Morgan fingerprint density at radius 3 is 2.73 bits per heavy atom. The first-order valence-corrected chi connectivity index (χ1v) is 7.41. The molecule has 6 heteroatoms. The first kappa shape index (κ1) is 17.0. The van der Waals surface area contributed by atoms with Gasteiger partial charge < -0.3 is 15.2 Å². The van der Waals surface area contributed by atoms with E-state index in [1.54, 1.807) is 12.1 Å². The molecule has 1 saturated heterocycles. The van der Waals surface area contributed by atoms with Gasteiger partial charge in [-0.2, -0.15) is 8.78 Å². The number of piperidine rings is 1. The lowest BCUT2D eigenvalue weighted by Crippen LogP contribution is -2.52. The summed E-state index contributed by atoms with van der Waals surface area (Å²) >= 11 is 0. The second-order valence-electron chi connectivity index (χ2n) is 6.45. The van der Waals surface area contributed by atoms with Gasteiger partial charge in [0.25, 0.3) is 0 Å². The lowest BCUT2D eigenvalue weighted by molar-refractivity contribution is -0.0510. The molecule has 1 fully saturated rings. The molecule has 0 amide bonds. The topological polar surface area (TPSA) is 47.7 Å². The van der Waals surface area contributed by atoms with Crippen LogP contribution in [0, 0.1) is 5.41 Å². The average molecular weight is 314 g/mol. The highest BCUT2D eigenvalue weighted by atomic mass is 19.3. The number of ether oxygens (including phenoxy) is 2. The van der Waals surface area contributed by atoms with Gasteiger partial charge in [0.15, 0.2) is 0 Å². The first-order valence-electron chi connectivity index (χ1n) is 7.41. The highest BCUT2D eigenvalue weighted by Gasteiger charge is 2.33. The number of halogens is 2. The number of methoxy groups -OCH3 is 1. The minimum absolute atomic E-state index is 0.00839. The van der Waals surface area contributed by atoms with Crippen molar-refractivity contribution in [1.82, 2.24) is 4.90 Å². The fourth-order valence-electron chi connectivity index (χ4n) is 2.86. The van der Waals surface area contributed by atoms with Crippen molar-refractivity contribution in [1.29, 1.82) is 0 Å². The van der Waals surface area contributed by atoms with Crippen LogP contribution in [-0.2, 0) is 6.54 Å². The van der Waals surface area contributed by atoms with E-state index in [1.165, 1.54) is 13.2 Å². The number of nitrogens with two attached hydrogens (primary N) is 1. The minimum Gasteiger partial charge on any atom is -0.497 e. The minimum atomic E-state index is -2.85. The molecule has 1 aliphatic rings. The van der Waals surface area contributed by atoms with Crippen molar-refractivity contribution < 1.29 is 18.3 Å². The third-order valence-electron chi connectivity index (χ3n) is 4.28. The van der Waals surface area contributed by atoms with Crippen LogP contribution in [0.15, 0.2) is 18.2 Å². The lowest BCUT2D eigenvalue weighted by atomic mass is 9.79. The summed E-state index contributed by atoms with van der Waals surface area (Å²) in [5.74, 6) is 0.669. The van der Waals surface area contributed by atoms with Crippen molar-refractivity contribution in [2.45, 2.75) is 39.5 Å². The number of hydrogen-bond donors (Lipinski definition) is 1. The van der Waals surface area contributed by atoms with E-state index in [0.717, 1.165) is 25.1 Å². The van der Waals surface area contributed by atoms with Crippen molar-refractivity contribution in [3.63, 3.8) is 0 Å². The molecule has 1 aliphatic heterocycles. The monoisotopic (exact) mass is 314 g/mol. The van der Waals surface area contributed by atoms with Crippen LogP contribution in [0.25, 0.3) is 0 Å². The van der Waals surface area contributed by atoms with Crippen molar-refractivity contribution >= 4 is 0 Å². The van der Waals surface area contributed by atoms with Gasteiger partial charge in [-0.3, -0.25) is 4.90 Å². The van der Waals surface area contributed by atoms with E-state index < -0.39 is 6.61 Å². The molecule has 1 atom stereocenters. The van der Waals surface area contributed by atoms with E-state index in [9.17, 15) is 8.78 Å². The SMILES string of the molecule is COc1ccc(CN2CCC(N)C(C)(C)C2)c(OC(F)F)c1. The van der Waals surface area contributed by atoms with Gasteiger partial charge in [-0.1, -0.05) is 19.9 Å². The fourth-order valence-corrected chi connectivity index (χ4v) is 2.86. The Morgan fingerprint density at radius 2 is 2.14 bits per heavy atom. The molecule has 2 N–H and O–H groups in total. The average Bonchev–Trinajstić information content (AvgIpc) is 2.44. The van der Waals surface area contributed by atoms with Gasteiger partial charge in [0.1, 0.15) is 11.5 Å². The standard InChI is InChI=1S/C16H24F2N2O2/c1-16(2)10-20(7-6-14(16)19)9-11-4-5-12(21-3)8-13(11)22-15(17)18/h4-5,8,14-15H,6-7,9-10,19H2,1-3H3. The fraction of sp³-hybridized carbons (Fsp3) is 0.625. The largest absolute Gasteiger partial charge is 0.497 e. The summed E-state index contributed by atoms with van der Waals surface area (Å²) in [6.45, 7) is 3.65. The second-order valence-corrected chi connectivity index (χ2v) is 6.45. The summed E-state index contributed by atoms with van der Waals surface area (Å²) < 4.78 is 34.9. The molecule has 0 radical (unpaired) electrons. The van der Waals surface area contributed by atoms with Gasteiger partial charge in [0.2, 0.25) is 0 Å². The van der Waals surface area contributed by atoms with Gasteiger partial charge in [0.05, 0.1) is 7.11 Å². The number of hydrogen-bond acceptors (Lipinski definition) is 4. The summed E-state index contributed by atoms with van der Waals surface area (Å²) in [5, 5.41) is 0. The summed E-state index contributed by atoms with van der Waals surface area (Å²) in [6, 6.07) is 5.20. The van der Waals surface area contributed by atoms with Gasteiger partial charge in [0, 0.05) is 37.3 Å². The molecule has 1 heterocycles. The number of benzene rings is 1. The quantitative estimate of drug-likeness (QED) is 0.908. The maximum absolute atomic E-state index is 12.6. The summed E-state index contributed by atoms with van der Waals surface area (Å²) in [7, 11) is 1.50. The van der Waals surface area contributed by atoms with Crippen LogP contribution in [0.3, 0.4) is 0 Å². The molecule has 1 aromatic rings. The van der Waals surface area contributed by atoms with Crippen LogP contribution in [0.2, 0.25) is 0 Å². The number of likely N-dealkylation sites (tertiary alicyclic amines) is 1. The summed E-state index contributed by atoms with van der Waals surface area (Å²) in [5.41, 5.74) is 6.87. The number of alkyl halides is 2. The Morgan fingerprint density at radius 1 is 1.41 bits per heavy atom. The highest BCUT2D eigenvalue weighted by Crippen LogP contribution is 2.32. The van der Waals surface area contributed by atoms with E-state index in [4.69, 9.17) is 10.5 Å². The molecule has 1 aromatic carbocycles. The van der Waals surface area contributed by atoms with E-state index in [-0.39, 0.29) is 17.2 Å². The molecule has 4 nitrogen and oxygen atoms in total. The normalized spacial score (nSPS) is 21.9. The van der Waals surface area contributed by atoms with Gasteiger partial charge >= 0.3 is 6.61 Å². The maximum atomic E-state index is 12.6. The lowest BCUT2D eigenvalue weighted by Gasteiger charge is -2.42. The molecule has 0 spiro atoms. The Bertz CT molecular complexity index is 509. The Hall–Kier alpha value is -1.40.